The Labute approximate surface area is 136 Å². The van der Waals surface area contributed by atoms with Crippen molar-refractivity contribution in [2.24, 2.45) is 0 Å². The molecule has 0 aliphatic carbocycles. The SMILES string of the molecule is CS/C(=C\C(=C(C#N)C#N)c1ccc(N(C)C)cc1)N(C)C. The summed E-state index contributed by atoms with van der Waals surface area (Å²) in [7, 11) is 7.82. The van der Waals surface area contributed by atoms with Crippen molar-refractivity contribution in [1.82, 2.24) is 4.90 Å². The Kier molecular flexibility index (Phi) is 6.56. The summed E-state index contributed by atoms with van der Waals surface area (Å²) in [5.74, 6) is 0. The fraction of sp³-hybridized carbons (Fsp3) is 0.294. The van der Waals surface area contributed by atoms with Gasteiger partial charge >= 0.3 is 0 Å². The van der Waals surface area contributed by atoms with Gasteiger partial charge in [-0.15, -0.1) is 11.8 Å². The summed E-state index contributed by atoms with van der Waals surface area (Å²) in [5, 5.41) is 19.5. The van der Waals surface area contributed by atoms with Gasteiger partial charge in [0.05, 0.1) is 5.03 Å². The Morgan fingerprint density at radius 2 is 1.59 bits per heavy atom. The summed E-state index contributed by atoms with van der Waals surface area (Å²) in [5.41, 5.74) is 2.69. The summed E-state index contributed by atoms with van der Waals surface area (Å²) < 4.78 is 0. The summed E-state index contributed by atoms with van der Waals surface area (Å²) in [4.78, 5) is 3.97. The van der Waals surface area contributed by atoms with E-state index in [4.69, 9.17) is 0 Å². The first kappa shape index (κ1) is 17.7. The zero-order valence-electron chi connectivity index (χ0n) is 13.6. The molecular formula is C17H20N4S. The number of nitriles is 2. The minimum absolute atomic E-state index is 0.117. The van der Waals surface area contributed by atoms with Gasteiger partial charge in [0, 0.05) is 39.5 Å². The molecule has 0 fully saturated rings. The lowest BCUT2D eigenvalue weighted by molar-refractivity contribution is 0.551. The van der Waals surface area contributed by atoms with E-state index < -0.39 is 0 Å². The number of nitrogens with zero attached hydrogens (tertiary/aromatic N) is 4. The Hall–Kier alpha value is -2.37. The van der Waals surface area contributed by atoms with Crippen LogP contribution in [0.4, 0.5) is 5.69 Å². The van der Waals surface area contributed by atoms with E-state index in [1.54, 1.807) is 11.8 Å². The molecule has 5 heteroatoms. The van der Waals surface area contributed by atoms with E-state index in [1.807, 2.05) is 86.7 Å². The normalized spacial score (nSPS) is 10.4. The van der Waals surface area contributed by atoms with Gasteiger partial charge in [0.25, 0.3) is 0 Å². The largest absolute Gasteiger partial charge is 0.378 e. The first-order valence-electron chi connectivity index (χ1n) is 6.69. The number of hydrogen-bond donors (Lipinski definition) is 0. The minimum Gasteiger partial charge on any atom is -0.378 e. The second-order valence-corrected chi connectivity index (χ2v) is 5.86. The van der Waals surface area contributed by atoms with Crippen LogP contribution in [0.25, 0.3) is 5.57 Å². The predicted octanol–water partition coefficient (Wildman–Crippen LogP) is 3.32. The van der Waals surface area contributed by atoms with Gasteiger partial charge in [0.1, 0.15) is 17.7 Å². The number of hydrogen-bond acceptors (Lipinski definition) is 5. The van der Waals surface area contributed by atoms with Crippen molar-refractivity contribution in [3.63, 3.8) is 0 Å². The second kappa shape index (κ2) is 8.17. The predicted molar refractivity (Wildman–Crippen MR) is 94.2 cm³/mol. The summed E-state index contributed by atoms with van der Waals surface area (Å²) in [6.45, 7) is 0. The average molecular weight is 312 g/mol. The van der Waals surface area contributed by atoms with E-state index in [0.29, 0.717) is 5.57 Å². The Bertz CT molecular complexity index is 639. The van der Waals surface area contributed by atoms with Gasteiger partial charge < -0.3 is 9.80 Å². The van der Waals surface area contributed by atoms with E-state index in [0.717, 1.165) is 16.3 Å². The Morgan fingerprint density at radius 1 is 1.05 bits per heavy atom. The molecule has 0 unspecified atom stereocenters. The van der Waals surface area contributed by atoms with Gasteiger partial charge in [0.15, 0.2) is 0 Å². The average Bonchev–Trinajstić information content (AvgIpc) is 2.51. The monoisotopic (exact) mass is 312 g/mol. The fourth-order valence-electron chi connectivity index (χ4n) is 1.88. The van der Waals surface area contributed by atoms with Gasteiger partial charge in [0.2, 0.25) is 0 Å². The first-order chi connectivity index (χ1) is 10.4. The van der Waals surface area contributed by atoms with Crippen molar-refractivity contribution in [3.8, 4) is 12.1 Å². The van der Waals surface area contributed by atoms with Gasteiger partial charge in [-0.3, -0.25) is 0 Å². The number of anilines is 1. The number of benzene rings is 1. The number of thioether (sulfide) groups is 1. The third kappa shape index (κ3) is 4.31. The van der Waals surface area contributed by atoms with E-state index in [9.17, 15) is 10.5 Å². The van der Waals surface area contributed by atoms with Gasteiger partial charge in [-0.05, 0) is 30.0 Å². The molecule has 0 N–H and O–H groups in total. The smallest absolute Gasteiger partial charge is 0.137 e. The minimum atomic E-state index is 0.117. The fourth-order valence-corrected chi connectivity index (χ4v) is 2.48. The maximum absolute atomic E-state index is 9.24. The molecule has 0 aromatic heterocycles. The molecule has 0 radical (unpaired) electrons. The van der Waals surface area contributed by atoms with Crippen LogP contribution in [0.2, 0.25) is 0 Å². The third-order valence-corrected chi connectivity index (χ3v) is 4.01. The maximum Gasteiger partial charge on any atom is 0.137 e. The van der Waals surface area contributed by atoms with Crippen molar-refractivity contribution >= 4 is 23.0 Å². The van der Waals surface area contributed by atoms with Gasteiger partial charge in [-0.2, -0.15) is 10.5 Å². The molecule has 4 nitrogen and oxygen atoms in total. The molecule has 1 rings (SSSR count). The van der Waals surface area contributed by atoms with Crippen LogP contribution in [0.15, 0.2) is 40.9 Å². The molecule has 0 atom stereocenters. The molecule has 0 spiro atoms. The molecule has 1 aromatic rings. The highest BCUT2D eigenvalue weighted by Gasteiger charge is 2.10. The molecule has 0 saturated carbocycles. The van der Waals surface area contributed by atoms with Crippen molar-refractivity contribution in [3.05, 3.63) is 46.5 Å². The molecule has 0 bridgehead atoms. The van der Waals surface area contributed by atoms with Crippen LogP contribution in [0.1, 0.15) is 5.56 Å². The lowest BCUT2D eigenvalue weighted by atomic mass is 10.0. The van der Waals surface area contributed by atoms with Crippen LogP contribution in [-0.2, 0) is 0 Å². The van der Waals surface area contributed by atoms with Crippen molar-refractivity contribution in [1.29, 1.82) is 10.5 Å². The molecule has 0 heterocycles. The summed E-state index contributed by atoms with van der Waals surface area (Å²) in [6, 6.07) is 11.8. The highest BCUT2D eigenvalue weighted by molar-refractivity contribution is 8.02. The topological polar surface area (TPSA) is 54.1 Å². The molecule has 0 aliphatic rings. The molecule has 114 valence electrons. The molecule has 1 aromatic carbocycles. The number of rotatable bonds is 5. The van der Waals surface area contributed by atoms with Gasteiger partial charge in [-0.25, -0.2) is 0 Å². The zero-order chi connectivity index (χ0) is 16.7. The molecule has 0 saturated heterocycles. The molecular weight excluding hydrogens is 292 g/mol. The van der Waals surface area contributed by atoms with Crippen LogP contribution in [0, 0.1) is 22.7 Å². The highest BCUT2D eigenvalue weighted by atomic mass is 32.2. The zero-order valence-corrected chi connectivity index (χ0v) is 14.4. The van der Waals surface area contributed by atoms with E-state index in [1.165, 1.54) is 0 Å². The molecule has 0 amide bonds. The summed E-state index contributed by atoms with van der Waals surface area (Å²) >= 11 is 1.57. The van der Waals surface area contributed by atoms with Crippen LogP contribution in [-0.4, -0.2) is 39.3 Å². The Balaban J connectivity index is 3.45. The Morgan fingerprint density at radius 3 is 1.95 bits per heavy atom. The van der Waals surface area contributed by atoms with E-state index >= 15 is 0 Å². The van der Waals surface area contributed by atoms with Crippen molar-refractivity contribution in [2.75, 3.05) is 39.3 Å². The quantitative estimate of drug-likeness (QED) is 0.616. The van der Waals surface area contributed by atoms with Crippen LogP contribution in [0.3, 0.4) is 0 Å². The highest BCUT2D eigenvalue weighted by Crippen LogP contribution is 2.27. The van der Waals surface area contributed by atoms with Gasteiger partial charge in [-0.1, -0.05) is 12.1 Å². The third-order valence-electron chi connectivity index (χ3n) is 3.11. The van der Waals surface area contributed by atoms with Crippen molar-refractivity contribution in [2.45, 2.75) is 0 Å². The van der Waals surface area contributed by atoms with E-state index in [-0.39, 0.29) is 5.57 Å². The first-order valence-corrected chi connectivity index (χ1v) is 7.92. The van der Waals surface area contributed by atoms with Crippen LogP contribution < -0.4 is 4.90 Å². The van der Waals surface area contributed by atoms with E-state index in [2.05, 4.69) is 0 Å². The lowest BCUT2D eigenvalue weighted by Gasteiger charge is -2.16. The molecule has 22 heavy (non-hydrogen) atoms. The second-order valence-electron chi connectivity index (χ2n) is 5.03. The maximum atomic E-state index is 9.24. The molecule has 0 aliphatic heterocycles. The summed E-state index contributed by atoms with van der Waals surface area (Å²) in [6.07, 6.45) is 3.86. The van der Waals surface area contributed by atoms with Crippen molar-refractivity contribution < 1.29 is 0 Å². The number of allylic oxidation sites excluding steroid dienone is 3. The standard InChI is InChI=1S/C17H20N4S/c1-20(2)15-8-6-13(7-9-15)16(14(11-18)12-19)10-17(22-5)21(3)4/h6-10H,1-5H3/b17-10-. The van der Waals surface area contributed by atoms with Crippen LogP contribution in [0.5, 0.6) is 0 Å². The van der Waals surface area contributed by atoms with Crippen LogP contribution >= 0.6 is 11.8 Å². The lowest BCUT2D eigenvalue weighted by Crippen LogP contribution is -2.09.